The van der Waals surface area contributed by atoms with Gasteiger partial charge in [0.15, 0.2) is 5.96 Å². The number of nitrogens with one attached hydrogen (secondary N) is 2. The zero-order valence-electron chi connectivity index (χ0n) is 17.6. The largest absolute Gasteiger partial charge is 0.492 e. The Balaban J connectivity index is 1.59. The smallest absolute Gasteiger partial charge is 0.191 e. The van der Waals surface area contributed by atoms with Gasteiger partial charge in [0.1, 0.15) is 12.4 Å². The Morgan fingerprint density at radius 2 is 2.18 bits per heavy atom. The van der Waals surface area contributed by atoms with Crippen molar-refractivity contribution in [3.63, 3.8) is 0 Å². The molecule has 0 radical (unpaired) electrons. The van der Waals surface area contributed by atoms with Gasteiger partial charge in [-0.05, 0) is 44.6 Å². The number of nitrogens with zero attached hydrogens (tertiary/aromatic N) is 2. The van der Waals surface area contributed by atoms with E-state index in [1.54, 1.807) is 7.05 Å². The molecule has 0 spiro atoms. The summed E-state index contributed by atoms with van der Waals surface area (Å²) in [6.07, 6.45) is 2.07. The summed E-state index contributed by atoms with van der Waals surface area (Å²) in [5.41, 5.74) is 1.16. The molecule has 0 aromatic heterocycles. The van der Waals surface area contributed by atoms with Gasteiger partial charge in [0.05, 0.1) is 13.2 Å². The van der Waals surface area contributed by atoms with Gasteiger partial charge in [0, 0.05) is 45.8 Å². The zero-order valence-corrected chi connectivity index (χ0v) is 17.6. The fraction of sp³-hybridized carbons (Fsp3) is 0.667. The second kappa shape index (κ2) is 13.4. The fourth-order valence-electron chi connectivity index (χ4n) is 2.84. The fourth-order valence-corrected chi connectivity index (χ4v) is 2.84. The Morgan fingerprint density at radius 1 is 1.29 bits per heavy atom. The first-order valence-electron chi connectivity index (χ1n) is 10.1. The summed E-state index contributed by atoms with van der Waals surface area (Å²) >= 11 is 0. The SMILES string of the molecule is CN=C(NCCCOCC1CCOC1)NCc1cccc(OCCN(C)C)c1. The summed E-state index contributed by atoms with van der Waals surface area (Å²) in [6.45, 7) is 6.39. The molecule has 1 atom stereocenters. The van der Waals surface area contributed by atoms with Crippen LogP contribution in [0.4, 0.5) is 0 Å². The summed E-state index contributed by atoms with van der Waals surface area (Å²) < 4.78 is 16.9. The molecule has 1 heterocycles. The predicted octanol–water partition coefficient (Wildman–Crippen LogP) is 1.74. The maximum absolute atomic E-state index is 5.79. The van der Waals surface area contributed by atoms with E-state index in [0.29, 0.717) is 19.1 Å². The van der Waals surface area contributed by atoms with Gasteiger partial charge in [-0.3, -0.25) is 4.99 Å². The molecule has 1 saturated heterocycles. The first kappa shape index (κ1) is 22.5. The van der Waals surface area contributed by atoms with Gasteiger partial charge in [-0.2, -0.15) is 0 Å². The number of aliphatic imine (C=N–C) groups is 1. The van der Waals surface area contributed by atoms with E-state index in [9.17, 15) is 0 Å². The third kappa shape index (κ3) is 9.39. The molecule has 158 valence electrons. The highest BCUT2D eigenvalue weighted by Crippen LogP contribution is 2.13. The first-order valence-corrected chi connectivity index (χ1v) is 10.1. The van der Waals surface area contributed by atoms with Crippen LogP contribution < -0.4 is 15.4 Å². The van der Waals surface area contributed by atoms with E-state index in [2.05, 4.69) is 32.7 Å². The zero-order chi connectivity index (χ0) is 20.0. The predicted molar refractivity (Wildman–Crippen MR) is 113 cm³/mol. The number of likely N-dealkylation sites (N-methyl/N-ethyl adjacent to an activating group) is 1. The Bertz CT molecular complexity index is 575. The number of hydrogen-bond donors (Lipinski definition) is 2. The minimum absolute atomic E-state index is 0.574. The van der Waals surface area contributed by atoms with E-state index < -0.39 is 0 Å². The minimum Gasteiger partial charge on any atom is -0.492 e. The maximum atomic E-state index is 5.79. The Hall–Kier alpha value is -1.83. The van der Waals surface area contributed by atoms with Crippen molar-refractivity contribution in [1.29, 1.82) is 0 Å². The Labute approximate surface area is 169 Å². The van der Waals surface area contributed by atoms with Crippen molar-refractivity contribution in [3.8, 4) is 5.75 Å². The van der Waals surface area contributed by atoms with Crippen molar-refractivity contribution in [3.05, 3.63) is 29.8 Å². The molecule has 1 aromatic carbocycles. The molecule has 1 aliphatic heterocycles. The van der Waals surface area contributed by atoms with Gasteiger partial charge in [-0.15, -0.1) is 0 Å². The van der Waals surface area contributed by atoms with Crippen LogP contribution in [0.3, 0.4) is 0 Å². The van der Waals surface area contributed by atoms with Crippen LogP contribution in [0.15, 0.2) is 29.3 Å². The average molecular weight is 393 g/mol. The number of ether oxygens (including phenoxy) is 3. The van der Waals surface area contributed by atoms with E-state index in [1.165, 1.54) is 0 Å². The lowest BCUT2D eigenvalue weighted by Gasteiger charge is -2.14. The highest BCUT2D eigenvalue weighted by Gasteiger charge is 2.15. The highest BCUT2D eigenvalue weighted by atomic mass is 16.5. The number of benzene rings is 1. The highest BCUT2D eigenvalue weighted by molar-refractivity contribution is 5.79. The van der Waals surface area contributed by atoms with Gasteiger partial charge in [0.2, 0.25) is 0 Å². The third-order valence-corrected chi connectivity index (χ3v) is 4.52. The standard InChI is InChI=1S/C21H36N4O3/c1-22-21(23-9-5-11-26-16-19-8-12-27-17-19)24-15-18-6-4-7-20(14-18)28-13-10-25(2)3/h4,6-7,14,19H,5,8-13,15-17H2,1-3H3,(H2,22,23,24). The monoisotopic (exact) mass is 392 g/mol. The van der Waals surface area contributed by atoms with E-state index >= 15 is 0 Å². The second-order valence-electron chi connectivity index (χ2n) is 7.31. The van der Waals surface area contributed by atoms with Gasteiger partial charge < -0.3 is 29.7 Å². The number of rotatable bonds is 12. The van der Waals surface area contributed by atoms with E-state index in [1.807, 2.05) is 26.2 Å². The van der Waals surface area contributed by atoms with Gasteiger partial charge in [-0.25, -0.2) is 0 Å². The minimum atomic E-state index is 0.574. The van der Waals surface area contributed by atoms with Crippen molar-refractivity contribution in [1.82, 2.24) is 15.5 Å². The molecule has 2 N–H and O–H groups in total. The lowest BCUT2D eigenvalue weighted by molar-refractivity contribution is 0.0888. The van der Waals surface area contributed by atoms with Crippen LogP contribution in [0.5, 0.6) is 5.75 Å². The third-order valence-electron chi connectivity index (χ3n) is 4.52. The summed E-state index contributed by atoms with van der Waals surface area (Å²) in [5.74, 6) is 2.27. The van der Waals surface area contributed by atoms with Crippen LogP contribution in [0.25, 0.3) is 0 Å². The van der Waals surface area contributed by atoms with Crippen LogP contribution in [0.1, 0.15) is 18.4 Å². The van der Waals surface area contributed by atoms with Crippen molar-refractivity contribution in [2.45, 2.75) is 19.4 Å². The van der Waals surface area contributed by atoms with E-state index in [0.717, 1.165) is 69.6 Å². The molecular formula is C21H36N4O3. The van der Waals surface area contributed by atoms with Crippen molar-refractivity contribution in [2.75, 3.05) is 67.3 Å². The summed E-state index contributed by atoms with van der Waals surface area (Å²) in [4.78, 5) is 6.38. The van der Waals surface area contributed by atoms with Crippen LogP contribution in [0, 0.1) is 5.92 Å². The normalized spacial score (nSPS) is 17.1. The molecule has 2 rings (SSSR count). The van der Waals surface area contributed by atoms with Crippen molar-refractivity contribution in [2.24, 2.45) is 10.9 Å². The summed E-state index contributed by atoms with van der Waals surface area (Å²) in [5, 5.41) is 6.67. The van der Waals surface area contributed by atoms with Crippen LogP contribution in [-0.4, -0.2) is 78.1 Å². The lowest BCUT2D eigenvalue weighted by Crippen LogP contribution is -2.37. The number of guanidine groups is 1. The molecule has 0 bridgehead atoms. The molecule has 0 aliphatic carbocycles. The second-order valence-corrected chi connectivity index (χ2v) is 7.31. The summed E-state index contributed by atoms with van der Waals surface area (Å²) in [6, 6.07) is 8.16. The molecule has 7 heteroatoms. The van der Waals surface area contributed by atoms with Crippen LogP contribution in [-0.2, 0) is 16.0 Å². The molecule has 0 amide bonds. The first-order chi connectivity index (χ1) is 13.7. The molecule has 1 fully saturated rings. The Morgan fingerprint density at radius 3 is 2.93 bits per heavy atom. The van der Waals surface area contributed by atoms with Crippen molar-refractivity contribution < 1.29 is 14.2 Å². The van der Waals surface area contributed by atoms with E-state index in [-0.39, 0.29) is 0 Å². The molecular weight excluding hydrogens is 356 g/mol. The molecule has 1 unspecified atom stereocenters. The van der Waals surface area contributed by atoms with Crippen LogP contribution in [0.2, 0.25) is 0 Å². The van der Waals surface area contributed by atoms with E-state index in [4.69, 9.17) is 14.2 Å². The topological polar surface area (TPSA) is 67.4 Å². The average Bonchev–Trinajstić information content (AvgIpc) is 3.20. The molecule has 1 aliphatic rings. The van der Waals surface area contributed by atoms with Crippen LogP contribution >= 0.6 is 0 Å². The van der Waals surface area contributed by atoms with Gasteiger partial charge >= 0.3 is 0 Å². The molecule has 28 heavy (non-hydrogen) atoms. The molecule has 1 aromatic rings. The maximum Gasteiger partial charge on any atom is 0.191 e. The van der Waals surface area contributed by atoms with Gasteiger partial charge in [0.25, 0.3) is 0 Å². The molecule has 7 nitrogen and oxygen atoms in total. The lowest BCUT2D eigenvalue weighted by atomic mass is 10.1. The number of hydrogen-bond acceptors (Lipinski definition) is 5. The Kier molecular flexibility index (Phi) is 10.7. The van der Waals surface area contributed by atoms with Gasteiger partial charge in [-0.1, -0.05) is 12.1 Å². The summed E-state index contributed by atoms with van der Waals surface area (Å²) in [7, 11) is 5.87. The molecule has 0 saturated carbocycles. The van der Waals surface area contributed by atoms with Crippen molar-refractivity contribution >= 4 is 5.96 Å². The quantitative estimate of drug-likeness (QED) is 0.321.